The highest BCUT2D eigenvalue weighted by molar-refractivity contribution is 7.99. The number of ether oxygens (including phenoxy) is 2. The first-order valence-electron chi connectivity index (χ1n) is 10.7. The predicted molar refractivity (Wildman–Crippen MR) is 123 cm³/mol. The fourth-order valence-electron chi connectivity index (χ4n) is 3.95. The lowest BCUT2D eigenvalue weighted by atomic mass is 10.1. The van der Waals surface area contributed by atoms with Crippen molar-refractivity contribution < 1.29 is 14.3 Å². The summed E-state index contributed by atoms with van der Waals surface area (Å²) in [6.45, 7) is 3.05. The smallest absolute Gasteiger partial charge is 0.231 e. The van der Waals surface area contributed by atoms with Crippen LogP contribution in [0.2, 0.25) is 5.02 Å². The average molecular weight is 471 g/mol. The second-order valence-electron chi connectivity index (χ2n) is 7.83. The topological polar surface area (TPSA) is 69.5 Å². The van der Waals surface area contributed by atoms with Crippen LogP contribution in [0.1, 0.15) is 35.4 Å². The van der Waals surface area contributed by atoms with E-state index in [0.717, 1.165) is 31.1 Å². The maximum absolute atomic E-state index is 12.8. The molecule has 7 nitrogen and oxygen atoms in total. The SMILES string of the molecule is O=C(CSc1nnc(CN2CCCCC2)n1-c1ccc(Cl)cc1)c1ccc2c(c1)OCO2. The highest BCUT2D eigenvalue weighted by Gasteiger charge is 2.21. The molecule has 1 fully saturated rings. The van der Waals surface area contributed by atoms with Gasteiger partial charge in [0, 0.05) is 16.3 Å². The molecule has 32 heavy (non-hydrogen) atoms. The Morgan fingerprint density at radius 1 is 1.00 bits per heavy atom. The summed E-state index contributed by atoms with van der Waals surface area (Å²) in [6.07, 6.45) is 3.70. The fraction of sp³-hybridized carbons (Fsp3) is 0.348. The van der Waals surface area contributed by atoms with Crippen LogP contribution >= 0.6 is 23.4 Å². The number of ketones is 1. The summed E-state index contributed by atoms with van der Waals surface area (Å²) in [7, 11) is 0. The molecule has 1 saturated heterocycles. The number of nitrogens with zero attached hydrogens (tertiary/aromatic N) is 4. The maximum atomic E-state index is 12.8. The molecule has 3 heterocycles. The zero-order valence-electron chi connectivity index (χ0n) is 17.5. The van der Waals surface area contributed by atoms with Gasteiger partial charge in [-0.2, -0.15) is 0 Å². The number of hydrogen-bond donors (Lipinski definition) is 0. The first-order chi connectivity index (χ1) is 15.7. The van der Waals surface area contributed by atoms with E-state index in [2.05, 4.69) is 15.1 Å². The Hall–Kier alpha value is -2.55. The second kappa shape index (κ2) is 9.52. The van der Waals surface area contributed by atoms with Gasteiger partial charge >= 0.3 is 0 Å². The van der Waals surface area contributed by atoms with Crippen LogP contribution in [0.5, 0.6) is 11.5 Å². The van der Waals surface area contributed by atoms with Gasteiger partial charge in [-0.3, -0.25) is 14.3 Å². The van der Waals surface area contributed by atoms with Crippen molar-refractivity contribution in [1.82, 2.24) is 19.7 Å². The highest BCUT2D eigenvalue weighted by atomic mass is 35.5. The fourth-order valence-corrected chi connectivity index (χ4v) is 4.94. The molecule has 9 heteroatoms. The normalized spacial score (nSPS) is 15.8. The molecule has 0 N–H and O–H groups in total. The quantitative estimate of drug-likeness (QED) is 0.369. The number of rotatable bonds is 7. The lowest BCUT2D eigenvalue weighted by Gasteiger charge is -2.26. The number of Topliss-reactive ketones (excluding diaryl/α,β-unsaturated/α-hetero) is 1. The number of halogens is 1. The predicted octanol–water partition coefficient (Wildman–Crippen LogP) is 4.61. The third kappa shape index (κ3) is 4.62. The van der Waals surface area contributed by atoms with Crippen LogP contribution in [0, 0.1) is 0 Å². The van der Waals surface area contributed by atoms with Crippen molar-refractivity contribution in [2.45, 2.75) is 31.0 Å². The summed E-state index contributed by atoms with van der Waals surface area (Å²) in [5, 5.41) is 10.3. The van der Waals surface area contributed by atoms with Crippen molar-refractivity contribution in [1.29, 1.82) is 0 Å². The van der Waals surface area contributed by atoms with E-state index in [1.54, 1.807) is 18.2 Å². The van der Waals surface area contributed by atoms with Crippen LogP contribution in [0.3, 0.4) is 0 Å². The Morgan fingerprint density at radius 2 is 1.78 bits per heavy atom. The molecule has 5 rings (SSSR count). The summed E-state index contributed by atoms with van der Waals surface area (Å²) in [5.74, 6) is 2.38. The largest absolute Gasteiger partial charge is 0.454 e. The van der Waals surface area contributed by atoms with Crippen LogP contribution in [0.4, 0.5) is 0 Å². The van der Waals surface area contributed by atoms with Crippen LogP contribution in [0.15, 0.2) is 47.6 Å². The highest BCUT2D eigenvalue weighted by Crippen LogP contribution is 2.33. The monoisotopic (exact) mass is 470 g/mol. The van der Waals surface area contributed by atoms with E-state index in [0.29, 0.717) is 27.2 Å². The molecule has 0 atom stereocenters. The number of fused-ring (bicyclic) bond motifs is 1. The standard InChI is InChI=1S/C23H23ClN4O3S/c24-17-5-7-18(8-6-17)28-22(13-27-10-2-1-3-11-27)25-26-23(28)32-14-19(29)16-4-9-20-21(12-16)31-15-30-20/h4-9,12H,1-3,10-11,13-15H2. The lowest BCUT2D eigenvalue weighted by Crippen LogP contribution is -2.30. The van der Waals surface area contributed by atoms with Gasteiger partial charge in [-0.25, -0.2) is 0 Å². The van der Waals surface area contributed by atoms with E-state index in [9.17, 15) is 4.79 Å². The van der Waals surface area contributed by atoms with E-state index >= 15 is 0 Å². The molecule has 0 radical (unpaired) electrons. The van der Waals surface area contributed by atoms with Crippen molar-refractivity contribution in [3.8, 4) is 17.2 Å². The number of carbonyl (C=O) groups excluding carboxylic acids is 1. The summed E-state index contributed by atoms with van der Waals surface area (Å²) in [5.41, 5.74) is 1.53. The van der Waals surface area contributed by atoms with Gasteiger partial charge in [0.15, 0.2) is 28.3 Å². The van der Waals surface area contributed by atoms with Gasteiger partial charge in [0.25, 0.3) is 0 Å². The minimum Gasteiger partial charge on any atom is -0.454 e. The number of thioether (sulfide) groups is 1. The van der Waals surface area contributed by atoms with Crippen molar-refractivity contribution in [3.63, 3.8) is 0 Å². The van der Waals surface area contributed by atoms with Gasteiger partial charge in [-0.15, -0.1) is 10.2 Å². The van der Waals surface area contributed by atoms with Gasteiger partial charge in [0.05, 0.1) is 12.3 Å². The van der Waals surface area contributed by atoms with Crippen molar-refractivity contribution in [2.24, 2.45) is 0 Å². The molecule has 0 saturated carbocycles. The summed E-state index contributed by atoms with van der Waals surface area (Å²) < 4.78 is 12.7. The molecule has 1 aromatic heterocycles. The lowest BCUT2D eigenvalue weighted by molar-refractivity contribution is 0.102. The number of aromatic nitrogens is 3. The second-order valence-corrected chi connectivity index (χ2v) is 9.21. The van der Waals surface area contributed by atoms with Crippen LogP contribution < -0.4 is 9.47 Å². The minimum atomic E-state index is -0.00321. The van der Waals surface area contributed by atoms with Gasteiger partial charge in [0.2, 0.25) is 6.79 Å². The zero-order valence-corrected chi connectivity index (χ0v) is 19.1. The van der Waals surface area contributed by atoms with Gasteiger partial charge < -0.3 is 9.47 Å². The molecule has 2 aromatic carbocycles. The molecule has 0 amide bonds. The van der Waals surface area contributed by atoms with Crippen LogP contribution in [0.25, 0.3) is 5.69 Å². The van der Waals surface area contributed by atoms with Gasteiger partial charge in [-0.05, 0) is 68.4 Å². The van der Waals surface area contributed by atoms with Crippen molar-refractivity contribution in [3.05, 3.63) is 58.9 Å². The number of carbonyl (C=O) groups is 1. The first-order valence-corrected chi connectivity index (χ1v) is 12.0. The Balaban J connectivity index is 1.36. The van der Waals surface area contributed by atoms with Crippen molar-refractivity contribution in [2.75, 3.05) is 25.6 Å². The van der Waals surface area contributed by atoms with Crippen LogP contribution in [-0.2, 0) is 6.54 Å². The molecule has 0 aliphatic carbocycles. The van der Waals surface area contributed by atoms with E-state index in [1.807, 2.05) is 28.8 Å². The molecule has 0 bridgehead atoms. The minimum absolute atomic E-state index is 0.00321. The Labute approximate surface area is 195 Å². The summed E-state index contributed by atoms with van der Waals surface area (Å²) in [6, 6.07) is 12.9. The first kappa shape index (κ1) is 21.3. The average Bonchev–Trinajstić information content (AvgIpc) is 3.45. The number of hydrogen-bond acceptors (Lipinski definition) is 7. The van der Waals surface area contributed by atoms with E-state index in [1.165, 1.54) is 31.0 Å². The number of likely N-dealkylation sites (tertiary alicyclic amines) is 1. The number of benzene rings is 2. The Morgan fingerprint density at radius 3 is 2.59 bits per heavy atom. The van der Waals surface area contributed by atoms with E-state index < -0.39 is 0 Å². The van der Waals surface area contributed by atoms with Gasteiger partial charge in [-0.1, -0.05) is 29.8 Å². The Kier molecular flexibility index (Phi) is 6.34. The molecule has 0 unspecified atom stereocenters. The number of piperidine rings is 1. The maximum Gasteiger partial charge on any atom is 0.231 e. The zero-order chi connectivity index (χ0) is 21.9. The third-order valence-corrected chi connectivity index (χ3v) is 6.81. The van der Waals surface area contributed by atoms with E-state index in [-0.39, 0.29) is 18.3 Å². The molecule has 0 spiro atoms. The van der Waals surface area contributed by atoms with Crippen LogP contribution in [-0.4, -0.2) is 51.1 Å². The molecular weight excluding hydrogens is 448 g/mol. The molecule has 2 aliphatic rings. The van der Waals surface area contributed by atoms with Crippen molar-refractivity contribution >= 4 is 29.1 Å². The molecule has 166 valence electrons. The summed E-state index contributed by atoms with van der Waals surface area (Å²) in [4.78, 5) is 15.2. The van der Waals surface area contributed by atoms with E-state index in [4.69, 9.17) is 21.1 Å². The molecule has 3 aromatic rings. The molecule has 2 aliphatic heterocycles. The van der Waals surface area contributed by atoms with Gasteiger partial charge in [0.1, 0.15) is 0 Å². The summed E-state index contributed by atoms with van der Waals surface area (Å²) >= 11 is 7.48. The Bertz CT molecular complexity index is 1110. The third-order valence-electron chi connectivity index (χ3n) is 5.63. The molecular formula is C23H23ClN4O3S.